The van der Waals surface area contributed by atoms with Gasteiger partial charge in [0.15, 0.2) is 5.76 Å². The molecule has 4 heteroatoms. The SMILES string of the molecule is C=CCN(CC)Cc1cc(CN)no1. The first kappa shape index (κ1) is 10.9. The van der Waals surface area contributed by atoms with Crippen molar-refractivity contribution in [2.24, 2.45) is 5.73 Å². The Morgan fingerprint density at radius 1 is 1.71 bits per heavy atom. The van der Waals surface area contributed by atoms with E-state index in [2.05, 4.69) is 23.6 Å². The second-order valence-electron chi connectivity index (χ2n) is 3.11. The number of nitrogens with zero attached hydrogens (tertiary/aromatic N) is 2. The predicted molar refractivity (Wildman–Crippen MR) is 55.5 cm³/mol. The molecule has 0 bridgehead atoms. The zero-order valence-corrected chi connectivity index (χ0v) is 8.57. The maximum Gasteiger partial charge on any atom is 0.151 e. The molecule has 0 fully saturated rings. The fraction of sp³-hybridized carbons (Fsp3) is 0.500. The average molecular weight is 195 g/mol. The van der Waals surface area contributed by atoms with Crippen molar-refractivity contribution in [1.29, 1.82) is 0 Å². The van der Waals surface area contributed by atoms with Gasteiger partial charge in [0.25, 0.3) is 0 Å². The van der Waals surface area contributed by atoms with Crippen LogP contribution < -0.4 is 5.73 Å². The number of rotatable bonds is 6. The van der Waals surface area contributed by atoms with E-state index in [1.807, 2.05) is 12.1 Å². The van der Waals surface area contributed by atoms with Gasteiger partial charge >= 0.3 is 0 Å². The van der Waals surface area contributed by atoms with Gasteiger partial charge in [-0.05, 0) is 6.54 Å². The first-order valence-corrected chi connectivity index (χ1v) is 4.78. The fourth-order valence-electron chi connectivity index (χ4n) is 1.23. The molecule has 14 heavy (non-hydrogen) atoms. The monoisotopic (exact) mass is 195 g/mol. The maximum absolute atomic E-state index is 5.43. The third kappa shape index (κ3) is 2.97. The van der Waals surface area contributed by atoms with Crippen molar-refractivity contribution in [3.05, 3.63) is 30.2 Å². The van der Waals surface area contributed by atoms with Crippen LogP contribution in [0.15, 0.2) is 23.2 Å². The van der Waals surface area contributed by atoms with Crippen LogP contribution in [0.1, 0.15) is 18.4 Å². The molecule has 1 aromatic heterocycles. The van der Waals surface area contributed by atoms with Crippen LogP contribution in [0.4, 0.5) is 0 Å². The van der Waals surface area contributed by atoms with Crippen molar-refractivity contribution in [2.75, 3.05) is 13.1 Å². The van der Waals surface area contributed by atoms with Crippen LogP contribution in [0.2, 0.25) is 0 Å². The molecule has 0 aliphatic rings. The van der Waals surface area contributed by atoms with Crippen LogP contribution in [0.5, 0.6) is 0 Å². The molecule has 0 atom stereocenters. The minimum Gasteiger partial charge on any atom is -0.360 e. The smallest absolute Gasteiger partial charge is 0.151 e. The Morgan fingerprint density at radius 2 is 2.50 bits per heavy atom. The Bertz CT molecular complexity index is 283. The summed E-state index contributed by atoms with van der Waals surface area (Å²) >= 11 is 0. The third-order valence-electron chi connectivity index (χ3n) is 2.03. The minimum atomic E-state index is 0.428. The van der Waals surface area contributed by atoms with E-state index in [9.17, 15) is 0 Å². The van der Waals surface area contributed by atoms with Gasteiger partial charge < -0.3 is 10.3 Å². The van der Waals surface area contributed by atoms with Crippen LogP contribution in [-0.2, 0) is 13.1 Å². The molecule has 0 spiro atoms. The van der Waals surface area contributed by atoms with Gasteiger partial charge in [0.2, 0.25) is 0 Å². The second-order valence-corrected chi connectivity index (χ2v) is 3.11. The molecule has 1 heterocycles. The number of hydrogen-bond donors (Lipinski definition) is 1. The Kier molecular flexibility index (Phi) is 4.35. The lowest BCUT2D eigenvalue weighted by molar-refractivity contribution is 0.261. The lowest BCUT2D eigenvalue weighted by Crippen LogP contribution is -2.22. The number of aromatic nitrogens is 1. The van der Waals surface area contributed by atoms with E-state index in [-0.39, 0.29) is 0 Å². The predicted octanol–water partition coefficient (Wildman–Crippen LogP) is 1.14. The summed E-state index contributed by atoms with van der Waals surface area (Å²) in [6.45, 7) is 8.81. The van der Waals surface area contributed by atoms with Crippen molar-refractivity contribution < 1.29 is 4.52 Å². The zero-order valence-electron chi connectivity index (χ0n) is 8.57. The summed E-state index contributed by atoms with van der Waals surface area (Å²) in [5, 5.41) is 3.83. The lowest BCUT2D eigenvalue weighted by Gasteiger charge is -2.15. The molecule has 2 N–H and O–H groups in total. The molecular weight excluding hydrogens is 178 g/mol. The lowest BCUT2D eigenvalue weighted by atomic mass is 10.3. The van der Waals surface area contributed by atoms with E-state index >= 15 is 0 Å². The number of likely N-dealkylation sites (N-methyl/N-ethyl adjacent to an activating group) is 1. The Hall–Kier alpha value is -1.13. The standard InChI is InChI=1S/C10H17N3O/c1-3-5-13(4-2)8-10-6-9(7-11)12-14-10/h3,6H,1,4-5,7-8,11H2,2H3. The quantitative estimate of drug-likeness (QED) is 0.692. The largest absolute Gasteiger partial charge is 0.360 e. The molecule has 0 saturated heterocycles. The highest BCUT2D eigenvalue weighted by Crippen LogP contribution is 2.06. The molecule has 0 unspecified atom stereocenters. The summed E-state index contributed by atoms with van der Waals surface area (Å²) in [5.41, 5.74) is 6.23. The van der Waals surface area contributed by atoms with Crippen LogP contribution >= 0.6 is 0 Å². The summed E-state index contributed by atoms with van der Waals surface area (Å²) in [5.74, 6) is 0.856. The van der Waals surface area contributed by atoms with E-state index in [4.69, 9.17) is 10.3 Å². The minimum absolute atomic E-state index is 0.428. The molecule has 1 aromatic rings. The van der Waals surface area contributed by atoms with Crippen LogP contribution in [0.3, 0.4) is 0 Å². The zero-order chi connectivity index (χ0) is 10.4. The van der Waals surface area contributed by atoms with Crippen LogP contribution in [0, 0.1) is 0 Å². The van der Waals surface area contributed by atoms with E-state index in [0.29, 0.717) is 6.54 Å². The number of hydrogen-bond acceptors (Lipinski definition) is 4. The van der Waals surface area contributed by atoms with Gasteiger partial charge in [-0.1, -0.05) is 18.2 Å². The molecule has 4 nitrogen and oxygen atoms in total. The van der Waals surface area contributed by atoms with E-state index < -0.39 is 0 Å². The molecule has 0 amide bonds. The topological polar surface area (TPSA) is 55.3 Å². The van der Waals surface area contributed by atoms with Gasteiger partial charge in [-0.15, -0.1) is 6.58 Å². The molecule has 1 rings (SSSR count). The summed E-state index contributed by atoms with van der Waals surface area (Å²) < 4.78 is 5.13. The summed E-state index contributed by atoms with van der Waals surface area (Å²) in [6, 6.07) is 1.89. The molecule has 0 saturated carbocycles. The highest BCUT2D eigenvalue weighted by Gasteiger charge is 2.06. The second kappa shape index (κ2) is 5.57. The average Bonchev–Trinajstić information content (AvgIpc) is 2.65. The van der Waals surface area contributed by atoms with Gasteiger partial charge in [-0.25, -0.2) is 0 Å². The van der Waals surface area contributed by atoms with Crippen molar-refractivity contribution in [3.63, 3.8) is 0 Å². The van der Waals surface area contributed by atoms with Gasteiger partial charge in [0, 0.05) is 19.2 Å². The van der Waals surface area contributed by atoms with Gasteiger partial charge in [-0.2, -0.15) is 0 Å². The summed E-state index contributed by atoms with van der Waals surface area (Å²) in [6.07, 6.45) is 1.88. The molecule has 0 aromatic carbocycles. The van der Waals surface area contributed by atoms with Gasteiger partial charge in [-0.3, -0.25) is 4.90 Å². The van der Waals surface area contributed by atoms with Crippen molar-refractivity contribution >= 4 is 0 Å². The van der Waals surface area contributed by atoms with Crippen LogP contribution in [-0.4, -0.2) is 23.1 Å². The fourth-order valence-corrected chi connectivity index (χ4v) is 1.23. The van der Waals surface area contributed by atoms with Gasteiger partial charge in [0.1, 0.15) is 0 Å². The molecule has 78 valence electrons. The van der Waals surface area contributed by atoms with Gasteiger partial charge in [0.05, 0.1) is 12.2 Å². The Morgan fingerprint density at radius 3 is 3.00 bits per heavy atom. The molecule has 0 aliphatic carbocycles. The Balaban J connectivity index is 2.52. The number of nitrogens with two attached hydrogens (primary N) is 1. The summed E-state index contributed by atoms with van der Waals surface area (Å²) in [4.78, 5) is 2.20. The van der Waals surface area contributed by atoms with Crippen LogP contribution in [0.25, 0.3) is 0 Å². The highest BCUT2D eigenvalue weighted by molar-refractivity contribution is 5.04. The first-order valence-electron chi connectivity index (χ1n) is 4.78. The molecule has 0 radical (unpaired) electrons. The molecular formula is C10H17N3O. The van der Waals surface area contributed by atoms with Crippen molar-refractivity contribution in [1.82, 2.24) is 10.1 Å². The highest BCUT2D eigenvalue weighted by atomic mass is 16.5. The first-order chi connectivity index (χ1) is 6.80. The normalized spacial score (nSPS) is 10.8. The van der Waals surface area contributed by atoms with E-state index in [1.54, 1.807) is 0 Å². The van der Waals surface area contributed by atoms with E-state index in [0.717, 1.165) is 31.1 Å². The maximum atomic E-state index is 5.43. The summed E-state index contributed by atoms with van der Waals surface area (Å²) in [7, 11) is 0. The van der Waals surface area contributed by atoms with E-state index in [1.165, 1.54) is 0 Å². The molecule has 0 aliphatic heterocycles. The Labute approximate surface area is 84.4 Å². The van der Waals surface area contributed by atoms with Crippen molar-refractivity contribution in [2.45, 2.75) is 20.0 Å². The third-order valence-corrected chi connectivity index (χ3v) is 2.03. The van der Waals surface area contributed by atoms with Crippen molar-refractivity contribution in [3.8, 4) is 0 Å².